The molecule has 1 aliphatic heterocycles. The molecule has 1 heterocycles. The number of aliphatic carboxylic acids is 1. The van der Waals surface area contributed by atoms with Crippen molar-refractivity contribution in [1.82, 2.24) is 20.4 Å². The minimum Gasteiger partial charge on any atom is -0.480 e. The first-order chi connectivity index (χ1) is 19.5. The summed E-state index contributed by atoms with van der Waals surface area (Å²) in [5.74, 6) is 0.161. The van der Waals surface area contributed by atoms with Gasteiger partial charge in [0.25, 0.3) is 0 Å². The molecule has 2 fully saturated rings. The lowest BCUT2D eigenvalue weighted by Crippen LogP contribution is -2.51. The summed E-state index contributed by atoms with van der Waals surface area (Å²) in [5.41, 5.74) is 2.47. The normalized spacial score (nSPS) is 22.6. The Morgan fingerprint density at radius 1 is 0.975 bits per heavy atom. The third-order valence-electron chi connectivity index (χ3n) is 8.74. The van der Waals surface area contributed by atoms with Gasteiger partial charge in [-0.2, -0.15) is 0 Å². The van der Waals surface area contributed by atoms with Gasteiger partial charge >= 0.3 is 12.0 Å². The van der Waals surface area contributed by atoms with Gasteiger partial charge in [-0.25, -0.2) is 4.79 Å². The average molecular weight is 549 g/mol. The van der Waals surface area contributed by atoms with Crippen molar-refractivity contribution in [1.29, 1.82) is 0 Å². The van der Waals surface area contributed by atoms with E-state index in [9.17, 15) is 14.7 Å². The molecule has 3 N–H and O–H groups in total. The topological polar surface area (TPSA) is 84.9 Å². The monoisotopic (exact) mass is 548 g/mol. The molecule has 1 saturated carbocycles. The Hall–Kier alpha value is -2.90. The van der Waals surface area contributed by atoms with Crippen molar-refractivity contribution < 1.29 is 14.7 Å². The van der Waals surface area contributed by atoms with Crippen LogP contribution in [0.2, 0.25) is 0 Å². The third kappa shape index (κ3) is 8.31. The first kappa shape index (κ1) is 30.1. The molecule has 218 valence electrons. The largest absolute Gasteiger partial charge is 0.480 e. The SMILES string of the molecule is CCCC(NC1CC(CN2CCC(N(CCC)C(=O)NCc3ccccc3)CC2)C(c2ccccc2)C1)C(=O)O. The summed E-state index contributed by atoms with van der Waals surface area (Å²) in [6.45, 7) is 8.50. The van der Waals surface area contributed by atoms with Crippen LogP contribution in [0.15, 0.2) is 60.7 Å². The van der Waals surface area contributed by atoms with E-state index in [4.69, 9.17) is 0 Å². The van der Waals surface area contributed by atoms with Gasteiger partial charge in [-0.05, 0) is 61.5 Å². The predicted molar refractivity (Wildman–Crippen MR) is 160 cm³/mol. The van der Waals surface area contributed by atoms with Crippen LogP contribution in [0.4, 0.5) is 4.79 Å². The van der Waals surface area contributed by atoms with Crippen molar-refractivity contribution >= 4 is 12.0 Å². The molecule has 4 unspecified atom stereocenters. The van der Waals surface area contributed by atoms with E-state index in [1.165, 1.54) is 5.56 Å². The minimum atomic E-state index is -0.743. The molecule has 2 aromatic rings. The summed E-state index contributed by atoms with van der Waals surface area (Å²) < 4.78 is 0. The molecule has 7 nitrogen and oxygen atoms in total. The molecule has 4 atom stereocenters. The summed E-state index contributed by atoms with van der Waals surface area (Å²) in [6.07, 6.45) is 6.41. The van der Waals surface area contributed by atoms with Gasteiger partial charge in [-0.3, -0.25) is 4.79 Å². The van der Waals surface area contributed by atoms with E-state index in [2.05, 4.69) is 57.7 Å². The van der Waals surface area contributed by atoms with Crippen LogP contribution in [0.1, 0.15) is 75.8 Å². The van der Waals surface area contributed by atoms with Crippen molar-refractivity contribution in [3.8, 4) is 0 Å². The number of urea groups is 1. The molecule has 0 spiro atoms. The van der Waals surface area contributed by atoms with Gasteiger partial charge < -0.3 is 25.5 Å². The summed E-state index contributed by atoms with van der Waals surface area (Å²) in [5, 5.41) is 16.3. The molecule has 7 heteroatoms. The number of carbonyl (C=O) groups excluding carboxylic acids is 1. The number of piperidine rings is 1. The molecule has 1 saturated heterocycles. The number of rotatable bonds is 13. The number of carboxylic acids is 1. The number of hydrogen-bond donors (Lipinski definition) is 3. The van der Waals surface area contributed by atoms with Crippen molar-refractivity contribution in [3.05, 3.63) is 71.8 Å². The molecule has 0 radical (unpaired) electrons. The maximum Gasteiger partial charge on any atom is 0.320 e. The molecule has 0 bridgehead atoms. The highest BCUT2D eigenvalue weighted by molar-refractivity contribution is 5.74. The fourth-order valence-corrected chi connectivity index (χ4v) is 6.73. The maximum absolute atomic E-state index is 13.1. The summed E-state index contributed by atoms with van der Waals surface area (Å²) in [6, 6.07) is 20.9. The van der Waals surface area contributed by atoms with Gasteiger partial charge in [-0.1, -0.05) is 80.9 Å². The van der Waals surface area contributed by atoms with Crippen molar-refractivity contribution in [2.75, 3.05) is 26.2 Å². The van der Waals surface area contributed by atoms with Crippen LogP contribution < -0.4 is 10.6 Å². The van der Waals surface area contributed by atoms with Crippen LogP contribution in [0.5, 0.6) is 0 Å². The standard InChI is InChI=1S/C33H48N4O3/c1-3-11-31(32(38)39)35-28-21-27(30(22-28)26-14-9-6-10-15-26)24-36-19-16-29(17-20-36)37(18-4-2)33(40)34-23-25-12-7-5-8-13-25/h5-10,12-15,27-31,35H,3-4,11,16-24H2,1-2H3,(H,34,40)(H,38,39). The molecule has 2 amide bonds. The van der Waals surface area contributed by atoms with E-state index in [1.54, 1.807) is 0 Å². The number of carboxylic acid groups (broad SMARTS) is 1. The highest BCUT2D eigenvalue weighted by Crippen LogP contribution is 2.41. The highest BCUT2D eigenvalue weighted by atomic mass is 16.4. The first-order valence-corrected chi connectivity index (χ1v) is 15.3. The second-order valence-corrected chi connectivity index (χ2v) is 11.7. The van der Waals surface area contributed by atoms with E-state index < -0.39 is 12.0 Å². The molecular formula is C33H48N4O3. The average Bonchev–Trinajstić information content (AvgIpc) is 3.38. The lowest BCUT2D eigenvalue weighted by atomic mass is 9.88. The highest BCUT2D eigenvalue weighted by Gasteiger charge is 2.38. The van der Waals surface area contributed by atoms with Crippen LogP contribution in [0.3, 0.4) is 0 Å². The zero-order valence-corrected chi connectivity index (χ0v) is 24.3. The Bertz CT molecular complexity index is 1040. The molecular weight excluding hydrogens is 500 g/mol. The summed E-state index contributed by atoms with van der Waals surface area (Å²) in [7, 11) is 0. The van der Waals surface area contributed by atoms with Crippen LogP contribution in [-0.2, 0) is 11.3 Å². The second kappa shape index (κ2) is 15.2. The van der Waals surface area contributed by atoms with Gasteiger partial charge in [-0.15, -0.1) is 0 Å². The molecule has 4 rings (SSSR count). The van der Waals surface area contributed by atoms with E-state index >= 15 is 0 Å². The van der Waals surface area contributed by atoms with Gasteiger partial charge in [0.05, 0.1) is 0 Å². The van der Waals surface area contributed by atoms with Crippen molar-refractivity contribution in [2.45, 2.75) is 89.4 Å². The Morgan fingerprint density at radius 2 is 1.65 bits per heavy atom. The minimum absolute atomic E-state index is 0.0399. The molecule has 2 aromatic carbocycles. The van der Waals surface area contributed by atoms with Crippen molar-refractivity contribution in [2.24, 2.45) is 5.92 Å². The zero-order valence-electron chi connectivity index (χ0n) is 24.3. The third-order valence-corrected chi connectivity index (χ3v) is 8.74. The predicted octanol–water partition coefficient (Wildman–Crippen LogP) is 5.48. The lowest BCUT2D eigenvalue weighted by Gasteiger charge is -2.39. The van der Waals surface area contributed by atoms with Gasteiger partial charge in [0.2, 0.25) is 0 Å². The molecule has 40 heavy (non-hydrogen) atoms. The number of likely N-dealkylation sites (tertiary alicyclic amines) is 1. The molecule has 1 aliphatic carbocycles. The molecule has 2 aliphatic rings. The Morgan fingerprint density at radius 3 is 2.27 bits per heavy atom. The number of carbonyl (C=O) groups is 2. The number of benzene rings is 2. The zero-order chi connectivity index (χ0) is 28.3. The Labute approximate surface area is 240 Å². The van der Waals surface area contributed by atoms with E-state index in [0.29, 0.717) is 24.8 Å². The van der Waals surface area contributed by atoms with E-state index in [1.807, 2.05) is 37.3 Å². The quantitative estimate of drug-likeness (QED) is 0.309. The number of hydrogen-bond acceptors (Lipinski definition) is 4. The Balaban J connectivity index is 1.34. The van der Waals surface area contributed by atoms with Crippen LogP contribution >= 0.6 is 0 Å². The van der Waals surface area contributed by atoms with Crippen LogP contribution in [0.25, 0.3) is 0 Å². The maximum atomic E-state index is 13.1. The Kier molecular flexibility index (Phi) is 11.4. The van der Waals surface area contributed by atoms with E-state index in [-0.39, 0.29) is 18.1 Å². The fourth-order valence-electron chi connectivity index (χ4n) is 6.73. The molecule has 0 aromatic heterocycles. The van der Waals surface area contributed by atoms with Crippen LogP contribution in [-0.4, -0.2) is 71.2 Å². The van der Waals surface area contributed by atoms with E-state index in [0.717, 1.165) is 70.3 Å². The first-order valence-electron chi connectivity index (χ1n) is 15.3. The fraction of sp³-hybridized carbons (Fsp3) is 0.576. The smallest absolute Gasteiger partial charge is 0.320 e. The summed E-state index contributed by atoms with van der Waals surface area (Å²) >= 11 is 0. The lowest BCUT2D eigenvalue weighted by molar-refractivity contribution is -0.139. The number of amides is 2. The van der Waals surface area contributed by atoms with Crippen LogP contribution in [0, 0.1) is 5.92 Å². The van der Waals surface area contributed by atoms with Gasteiger partial charge in [0, 0.05) is 44.8 Å². The number of nitrogens with one attached hydrogen (secondary N) is 2. The number of nitrogens with zero attached hydrogens (tertiary/aromatic N) is 2. The van der Waals surface area contributed by atoms with Gasteiger partial charge in [0.1, 0.15) is 6.04 Å². The summed E-state index contributed by atoms with van der Waals surface area (Å²) in [4.78, 5) is 29.6. The van der Waals surface area contributed by atoms with Gasteiger partial charge in [0.15, 0.2) is 0 Å². The van der Waals surface area contributed by atoms with Crippen molar-refractivity contribution in [3.63, 3.8) is 0 Å². The second-order valence-electron chi connectivity index (χ2n) is 11.7.